The van der Waals surface area contributed by atoms with Gasteiger partial charge in [-0.3, -0.25) is 4.79 Å². The van der Waals surface area contributed by atoms with Gasteiger partial charge in [-0.2, -0.15) is 0 Å². The van der Waals surface area contributed by atoms with Crippen molar-refractivity contribution in [3.05, 3.63) is 53.6 Å². The topological polar surface area (TPSA) is 72.9 Å². The summed E-state index contributed by atoms with van der Waals surface area (Å²) in [6, 6.07) is 7.62. The van der Waals surface area contributed by atoms with Crippen LogP contribution in [0, 0.1) is 56.7 Å². The minimum Gasteiger partial charge on any atom is -0.478 e. The Balaban J connectivity index is 1.11. The van der Waals surface area contributed by atoms with Crippen molar-refractivity contribution in [3.8, 4) is 0 Å². The van der Waals surface area contributed by atoms with Crippen LogP contribution < -0.4 is 5.32 Å². The molecule has 6 aliphatic rings. The quantitative estimate of drug-likeness (QED) is 0.210. The van der Waals surface area contributed by atoms with Crippen molar-refractivity contribution in [2.45, 2.75) is 106 Å². The fourth-order valence-electron chi connectivity index (χ4n) is 14.2. The molecule has 9 unspecified atom stereocenters. The Kier molecular flexibility index (Phi) is 9.51. The molecular weight excluding hydrogens is 631 g/mol. The fourth-order valence-corrected chi connectivity index (χ4v) is 14.2. The lowest BCUT2D eigenvalue weighted by Gasteiger charge is -2.72. The second kappa shape index (κ2) is 13.1. The maximum absolute atomic E-state index is 13.0. The van der Waals surface area contributed by atoms with E-state index in [1.807, 2.05) is 12.1 Å². The summed E-state index contributed by atoms with van der Waals surface area (Å²) in [4.78, 5) is 29.0. The van der Waals surface area contributed by atoms with Crippen LogP contribution in [-0.4, -0.2) is 73.1 Å². The molecule has 280 valence electrons. The van der Waals surface area contributed by atoms with Gasteiger partial charge in [0, 0.05) is 45.7 Å². The normalized spacial score (nSPS) is 40.3. The number of nitrogens with one attached hydrogen (secondary N) is 1. The predicted molar refractivity (Wildman–Crippen MR) is 207 cm³/mol. The third kappa shape index (κ3) is 5.79. The molecule has 7 rings (SSSR count). The van der Waals surface area contributed by atoms with Gasteiger partial charge in [-0.15, -0.1) is 0 Å². The highest BCUT2D eigenvalue weighted by Crippen LogP contribution is 2.77. The molecule has 5 fully saturated rings. The number of carboxylic acid groups (broad SMARTS) is 1. The molecule has 0 aromatic heterocycles. The number of carbonyl (C=O) groups is 2. The molecule has 5 aliphatic carbocycles. The summed E-state index contributed by atoms with van der Waals surface area (Å²) < 4.78 is 0. The van der Waals surface area contributed by atoms with E-state index in [9.17, 15) is 14.7 Å². The summed E-state index contributed by atoms with van der Waals surface area (Å²) in [5, 5.41) is 13.4. The van der Waals surface area contributed by atoms with E-state index in [-0.39, 0.29) is 10.8 Å². The molecule has 51 heavy (non-hydrogen) atoms. The molecule has 9 atom stereocenters. The molecule has 6 nitrogen and oxygen atoms in total. The van der Waals surface area contributed by atoms with Gasteiger partial charge in [0.25, 0.3) is 0 Å². The van der Waals surface area contributed by atoms with Gasteiger partial charge in [-0.05, 0) is 152 Å². The first-order valence-electron chi connectivity index (χ1n) is 20.4. The molecule has 2 N–H and O–H groups in total. The summed E-state index contributed by atoms with van der Waals surface area (Å²) in [5.41, 5.74) is 5.49. The SMILES string of the molecule is C=C(C)C1CCC2(CNCCC(=O)N3CCN(C)CC3)CCC3(C)C(CCC4C5(C)CC=C(c6ccc(C(=O)O)cc6)C(C)(C)C5CCC43C)C12. The number of carboxylic acids is 1. The number of allylic oxidation sites excluding steroid dienone is 3. The number of carbonyl (C=O) groups excluding carboxylic acids is 1. The van der Waals surface area contributed by atoms with Crippen molar-refractivity contribution >= 4 is 17.4 Å². The van der Waals surface area contributed by atoms with E-state index < -0.39 is 5.97 Å². The van der Waals surface area contributed by atoms with E-state index in [2.05, 4.69) is 76.4 Å². The Labute approximate surface area is 308 Å². The maximum Gasteiger partial charge on any atom is 0.335 e. The van der Waals surface area contributed by atoms with E-state index in [0.29, 0.717) is 63.7 Å². The second-order valence-corrected chi connectivity index (χ2v) is 19.6. The second-order valence-electron chi connectivity index (χ2n) is 19.6. The van der Waals surface area contributed by atoms with E-state index in [0.717, 1.165) is 45.7 Å². The zero-order chi connectivity index (χ0) is 36.6. The summed E-state index contributed by atoms with van der Waals surface area (Å²) in [6.07, 6.45) is 14.6. The third-order valence-corrected chi connectivity index (χ3v) is 17.1. The lowest BCUT2D eigenvalue weighted by Crippen LogP contribution is -2.65. The first-order chi connectivity index (χ1) is 24.1. The largest absolute Gasteiger partial charge is 0.478 e. The smallest absolute Gasteiger partial charge is 0.335 e. The highest BCUT2D eigenvalue weighted by Gasteiger charge is 2.70. The molecule has 4 saturated carbocycles. The Morgan fingerprint density at radius 3 is 2.25 bits per heavy atom. The average Bonchev–Trinajstić information content (AvgIpc) is 3.47. The lowest BCUT2D eigenvalue weighted by atomic mass is 9.32. The standard InChI is InChI=1S/C45H67N3O3/c1-30(2)33-15-21-45(29-46-24-18-38(49)48-27-25-47(8)26-28-48)23-22-43(6)35(39(33)45)13-14-37-42(5)19-16-34(31-9-11-32(12-10-31)40(50)51)41(3,4)36(42)17-20-44(37,43)7/h9-12,16,33,35-37,39,46H,1,13-15,17-29H2,2-8H3,(H,50,51). The molecule has 1 aliphatic heterocycles. The summed E-state index contributed by atoms with van der Waals surface area (Å²) in [5.74, 6) is 2.71. The Morgan fingerprint density at radius 1 is 0.882 bits per heavy atom. The van der Waals surface area contributed by atoms with Crippen LogP contribution in [0.5, 0.6) is 0 Å². The third-order valence-electron chi connectivity index (χ3n) is 17.1. The molecule has 1 aromatic carbocycles. The molecule has 0 radical (unpaired) electrons. The number of benzene rings is 1. The molecule has 0 bridgehead atoms. The van der Waals surface area contributed by atoms with Crippen LogP contribution in [0.25, 0.3) is 5.57 Å². The van der Waals surface area contributed by atoms with Crippen LogP contribution in [0.4, 0.5) is 0 Å². The molecule has 1 heterocycles. The summed E-state index contributed by atoms with van der Waals surface area (Å²) in [6.45, 7) is 25.5. The molecule has 1 aromatic rings. The summed E-state index contributed by atoms with van der Waals surface area (Å²) >= 11 is 0. The fraction of sp³-hybridized carbons (Fsp3) is 0.733. The van der Waals surface area contributed by atoms with Gasteiger partial charge in [0.1, 0.15) is 0 Å². The van der Waals surface area contributed by atoms with E-state index in [1.54, 1.807) is 12.1 Å². The number of hydrogen-bond acceptors (Lipinski definition) is 4. The van der Waals surface area contributed by atoms with Crippen LogP contribution in [0.1, 0.15) is 122 Å². The van der Waals surface area contributed by atoms with E-state index >= 15 is 0 Å². The Bertz CT molecular complexity index is 1560. The zero-order valence-electron chi connectivity index (χ0n) is 33.0. The Hall–Kier alpha value is -2.44. The van der Waals surface area contributed by atoms with Crippen molar-refractivity contribution in [1.82, 2.24) is 15.1 Å². The van der Waals surface area contributed by atoms with Gasteiger partial charge in [0.15, 0.2) is 0 Å². The number of piperazine rings is 1. The van der Waals surface area contributed by atoms with Crippen molar-refractivity contribution in [3.63, 3.8) is 0 Å². The Morgan fingerprint density at radius 2 is 1.59 bits per heavy atom. The number of rotatable bonds is 8. The number of hydrogen-bond donors (Lipinski definition) is 2. The highest BCUT2D eigenvalue weighted by atomic mass is 16.4. The first-order valence-corrected chi connectivity index (χ1v) is 20.4. The van der Waals surface area contributed by atoms with Crippen LogP contribution >= 0.6 is 0 Å². The average molecular weight is 698 g/mol. The van der Waals surface area contributed by atoms with E-state index in [4.69, 9.17) is 0 Å². The minimum absolute atomic E-state index is 0.0203. The van der Waals surface area contributed by atoms with Gasteiger partial charge in [-0.25, -0.2) is 4.79 Å². The van der Waals surface area contributed by atoms with Gasteiger partial charge in [0.2, 0.25) is 5.91 Å². The first kappa shape index (κ1) is 36.9. The minimum atomic E-state index is -0.863. The van der Waals surface area contributed by atoms with Gasteiger partial charge in [0.05, 0.1) is 5.56 Å². The van der Waals surface area contributed by atoms with Gasteiger partial charge < -0.3 is 20.2 Å². The molecule has 1 amide bonds. The highest BCUT2D eigenvalue weighted by molar-refractivity contribution is 5.88. The number of amides is 1. The predicted octanol–water partition coefficient (Wildman–Crippen LogP) is 8.79. The van der Waals surface area contributed by atoms with Gasteiger partial charge in [-0.1, -0.05) is 65.0 Å². The van der Waals surface area contributed by atoms with Gasteiger partial charge >= 0.3 is 5.97 Å². The number of aromatic carboxylic acids is 1. The lowest BCUT2D eigenvalue weighted by molar-refractivity contribution is -0.225. The van der Waals surface area contributed by atoms with Crippen molar-refractivity contribution in [2.75, 3.05) is 46.3 Å². The van der Waals surface area contributed by atoms with Crippen LogP contribution in [0.15, 0.2) is 42.5 Å². The van der Waals surface area contributed by atoms with Crippen molar-refractivity contribution in [1.29, 1.82) is 0 Å². The zero-order valence-corrected chi connectivity index (χ0v) is 33.0. The molecular formula is C45H67N3O3. The van der Waals surface area contributed by atoms with Crippen LogP contribution in [-0.2, 0) is 4.79 Å². The number of likely N-dealkylation sites (N-methyl/N-ethyl adjacent to an activating group) is 1. The molecule has 0 spiro atoms. The summed E-state index contributed by atoms with van der Waals surface area (Å²) in [7, 11) is 2.14. The van der Waals surface area contributed by atoms with Crippen molar-refractivity contribution in [2.24, 2.45) is 56.7 Å². The maximum atomic E-state index is 13.0. The number of nitrogens with zero attached hydrogens (tertiary/aromatic N) is 2. The van der Waals surface area contributed by atoms with Crippen LogP contribution in [0.3, 0.4) is 0 Å². The van der Waals surface area contributed by atoms with Crippen molar-refractivity contribution < 1.29 is 14.7 Å². The number of fused-ring (bicyclic) bond motifs is 7. The van der Waals surface area contributed by atoms with E-state index in [1.165, 1.54) is 68.1 Å². The monoisotopic (exact) mass is 698 g/mol. The van der Waals surface area contributed by atoms with Crippen LogP contribution in [0.2, 0.25) is 0 Å². The molecule has 1 saturated heterocycles. The molecule has 6 heteroatoms.